The quantitative estimate of drug-likeness (QED) is 0.722. The molecule has 6 nitrogen and oxygen atoms in total. The van der Waals surface area contributed by atoms with Crippen LogP contribution in [0, 0.1) is 6.92 Å². The summed E-state index contributed by atoms with van der Waals surface area (Å²) in [5, 5.41) is 0. The van der Waals surface area contributed by atoms with Crippen LogP contribution in [0.1, 0.15) is 11.1 Å². The van der Waals surface area contributed by atoms with Gasteiger partial charge in [0.25, 0.3) is 0 Å². The van der Waals surface area contributed by atoms with Gasteiger partial charge in [0.15, 0.2) is 0 Å². The Bertz CT molecular complexity index is 988. The van der Waals surface area contributed by atoms with Gasteiger partial charge in [0.1, 0.15) is 5.75 Å². The first kappa shape index (κ1) is 18.0. The van der Waals surface area contributed by atoms with Crippen molar-refractivity contribution in [2.24, 2.45) is 0 Å². The lowest BCUT2D eigenvalue weighted by Crippen LogP contribution is -2.24. The van der Waals surface area contributed by atoms with Crippen molar-refractivity contribution >= 4 is 10.0 Å². The SMILES string of the molecule is COc1ccc(C)c(S(=O)(=O)NCc2ccc(-c3cccnc3)nc2)c1. The highest BCUT2D eigenvalue weighted by atomic mass is 32.2. The van der Waals surface area contributed by atoms with Gasteiger partial charge in [0, 0.05) is 36.8 Å². The normalized spacial score (nSPS) is 11.3. The molecule has 134 valence electrons. The monoisotopic (exact) mass is 369 g/mol. The number of rotatable bonds is 6. The van der Waals surface area contributed by atoms with Gasteiger partial charge in [-0.2, -0.15) is 0 Å². The predicted molar refractivity (Wildman–Crippen MR) is 99.2 cm³/mol. The molecule has 3 rings (SSSR count). The van der Waals surface area contributed by atoms with Crippen molar-refractivity contribution in [3.8, 4) is 17.0 Å². The van der Waals surface area contributed by atoms with E-state index in [0.29, 0.717) is 11.3 Å². The van der Waals surface area contributed by atoms with E-state index in [1.807, 2.05) is 24.3 Å². The fraction of sp³-hybridized carbons (Fsp3) is 0.158. The van der Waals surface area contributed by atoms with Crippen molar-refractivity contribution < 1.29 is 13.2 Å². The number of benzene rings is 1. The predicted octanol–water partition coefficient (Wildman–Crippen LogP) is 2.94. The number of methoxy groups -OCH3 is 1. The van der Waals surface area contributed by atoms with E-state index in [0.717, 1.165) is 16.8 Å². The summed E-state index contributed by atoms with van der Waals surface area (Å²) >= 11 is 0. The van der Waals surface area contributed by atoms with Crippen LogP contribution in [0.15, 0.2) is 66.0 Å². The average Bonchev–Trinajstić information content (AvgIpc) is 2.68. The van der Waals surface area contributed by atoms with Crippen LogP contribution >= 0.6 is 0 Å². The number of aryl methyl sites for hydroxylation is 1. The van der Waals surface area contributed by atoms with Gasteiger partial charge in [-0.3, -0.25) is 9.97 Å². The van der Waals surface area contributed by atoms with Crippen molar-refractivity contribution in [3.63, 3.8) is 0 Å². The molecule has 0 spiro atoms. The van der Waals surface area contributed by atoms with Crippen molar-refractivity contribution in [2.75, 3.05) is 7.11 Å². The van der Waals surface area contributed by atoms with E-state index in [9.17, 15) is 8.42 Å². The first-order valence-electron chi connectivity index (χ1n) is 7.99. The van der Waals surface area contributed by atoms with Crippen LogP contribution in [-0.2, 0) is 16.6 Å². The topological polar surface area (TPSA) is 81.2 Å². The third-order valence-corrected chi connectivity index (χ3v) is 5.48. The van der Waals surface area contributed by atoms with Gasteiger partial charge >= 0.3 is 0 Å². The van der Waals surface area contributed by atoms with Crippen LogP contribution < -0.4 is 9.46 Å². The molecule has 0 unspecified atom stereocenters. The molecule has 2 heterocycles. The highest BCUT2D eigenvalue weighted by Crippen LogP contribution is 2.22. The number of ether oxygens (including phenoxy) is 1. The Morgan fingerprint density at radius 2 is 1.96 bits per heavy atom. The van der Waals surface area contributed by atoms with Crippen LogP contribution in [-0.4, -0.2) is 25.5 Å². The third kappa shape index (κ3) is 4.07. The summed E-state index contributed by atoms with van der Waals surface area (Å²) in [7, 11) is -2.15. The molecular formula is C19H19N3O3S. The molecule has 1 N–H and O–H groups in total. The van der Waals surface area contributed by atoms with Gasteiger partial charge in [-0.05, 0) is 42.3 Å². The molecule has 0 atom stereocenters. The minimum absolute atomic E-state index is 0.152. The van der Waals surface area contributed by atoms with E-state index in [2.05, 4.69) is 14.7 Å². The molecule has 0 amide bonds. The van der Waals surface area contributed by atoms with Gasteiger partial charge < -0.3 is 4.74 Å². The summed E-state index contributed by atoms with van der Waals surface area (Å²) < 4.78 is 32.9. The van der Waals surface area contributed by atoms with E-state index in [4.69, 9.17) is 4.74 Å². The number of sulfonamides is 1. The van der Waals surface area contributed by atoms with E-state index < -0.39 is 10.0 Å². The summed E-state index contributed by atoms with van der Waals surface area (Å²) in [4.78, 5) is 8.64. The minimum atomic E-state index is -3.65. The van der Waals surface area contributed by atoms with Crippen LogP contribution in [0.4, 0.5) is 0 Å². The second-order valence-corrected chi connectivity index (χ2v) is 7.48. The third-order valence-electron chi connectivity index (χ3n) is 3.93. The molecule has 1 aromatic carbocycles. The van der Waals surface area contributed by atoms with Crippen LogP contribution in [0.25, 0.3) is 11.3 Å². The minimum Gasteiger partial charge on any atom is -0.497 e. The molecule has 0 aliphatic heterocycles. The standard InChI is InChI=1S/C19H19N3O3S/c1-14-5-7-17(25-2)10-19(14)26(23,24)22-12-15-6-8-18(21-11-15)16-4-3-9-20-13-16/h3-11,13,22H,12H2,1-2H3. The molecule has 7 heteroatoms. The van der Waals surface area contributed by atoms with Gasteiger partial charge in [-0.1, -0.05) is 12.1 Å². The van der Waals surface area contributed by atoms with Crippen molar-refractivity contribution in [1.29, 1.82) is 0 Å². The molecule has 0 saturated carbocycles. The summed E-state index contributed by atoms with van der Waals surface area (Å²) in [5.74, 6) is 0.499. The molecule has 0 radical (unpaired) electrons. The number of hydrogen-bond acceptors (Lipinski definition) is 5. The fourth-order valence-electron chi connectivity index (χ4n) is 2.47. The average molecular weight is 369 g/mol. The van der Waals surface area contributed by atoms with Gasteiger partial charge in [-0.15, -0.1) is 0 Å². The van der Waals surface area contributed by atoms with E-state index >= 15 is 0 Å². The second kappa shape index (κ2) is 7.63. The molecule has 0 saturated heterocycles. The first-order valence-corrected chi connectivity index (χ1v) is 9.47. The molecule has 3 aromatic rings. The van der Waals surface area contributed by atoms with Gasteiger partial charge in [0.2, 0.25) is 10.0 Å². The number of nitrogens with one attached hydrogen (secondary N) is 1. The molecule has 0 fully saturated rings. The smallest absolute Gasteiger partial charge is 0.241 e. The Labute approximate surface area is 153 Å². The zero-order chi connectivity index (χ0) is 18.6. The largest absolute Gasteiger partial charge is 0.497 e. The Balaban J connectivity index is 1.74. The van der Waals surface area contributed by atoms with Crippen LogP contribution in [0.3, 0.4) is 0 Å². The zero-order valence-corrected chi connectivity index (χ0v) is 15.3. The van der Waals surface area contributed by atoms with Crippen molar-refractivity contribution in [3.05, 3.63) is 72.2 Å². The van der Waals surface area contributed by atoms with Gasteiger partial charge in [0.05, 0.1) is 17.7 Å². The number of nitrogens with zero attached hydrogens (tertiary/aromatic N) is 2. The highest BCUT2D eigenvalue weighted by molar-refractivity contribution is 7.89. The Morgan fingerprint density at radius 3 is 2.62 bits per heavy atom. The summed E-state index contributed by atoms with van der Waals surface area (Å²) in [6.45, 7) is 1.90. The number of hydrogen-bond donors (Lipinski definition) is 1. The van der Waals surface area contributed by atoms with Crippen molar-refractivity contribution in [1.82, 2.24) is 14.7 Å². The Morgan fingerprint density at radius 1 is 1.12 bits per heavy atom. The summed E-state index contributed by atoms with van der Waals surface area (Å²) in [6.07, 6.45) is 5.09. The maximum atomic E-state index is 12.6. The van der Waals surface area contributed by atoms with Crippen molar-refractivity contribution in [2.45, 2.75) is 18.4 Å². The highest BCUT2D eigenvalue weighted by Gasteiger charge is 2.17. The van der Waals surface area contributed by atoms with E-state index in [-0.39, 0.29) is 11.4 Å². The lowest BCUT2D eigenvalue weighted by atomic mass is 10.1. The first-order chi connectivity index (χ1) is 12.5. The zero-order valence-electron chi connectivity index (χ0n) is 14.5. The van der Waals surface area contributed by atoms with E-state index in [1.54, 1.807) is 37.6 Å². The molecule has 26 heavy (non-hydrogen) atoms. The lowest BCUT2D eigenvalue weighted by molar-refractivity contribution is 0.413. The summed E-state index contributed by atoms with van der Waals surface area (Å²) in [6, 6.07) is 12.4. The Hall–Kier alpha value is -2.77. The molecule has 0 bridgehead atoms. The van der Waals surface area contributed by atoms with Crippen LogP contribution in [0.5, 0.6) is 5.75 Å². The maximum absolute atomic E-state index is 12.6. The second-order valence-electron chi connectivity index (χ2n) is 5.75. The Kier molecular flexibility index (Phi) is 5.29. The van der Waals surface area contributed by atoms with Gasteiger partial charge in [-0.25, -0.2) is 13.1 Å². The van der Waals surface area contributed by atoms with Crippen LogP contribution in [0.2, 0.25) is 0 Å². The maximum Gasteiger partial charge on any atom is 0.241 e. The number of aromatic nitrogens is 2. The summed E-state index contributed by atoms with van der Waals surface area (Å²) in [5.41, 5.74) is 3.12. The molecular weight excluding hydrogens is 350 g/mol. The molecule has 2 aromatic heterocycles. The molecule has 0 aliphatic rings. The lowest BCUT2D eigenvalue weighted by Gasteiger charge is -2.11. The number of pyridine rings is 2. The fourth-order valence-corrected chi connectivity index (χ4v) is 3.74. The van der Waals surface area contributed by atoms with E-state index in [1.165, 1.54) is 13.2 Å². The molecule has 0 aliphatic carbocycles.